The van der Waals surface area contributed by atoms with Crippen LogP contribution in [-0.2, 0) is 0 Å². The molecule has 0 aliphatic rings. The second-order valence-electron chi connectivity index (χ2n) is 4.57. The summed E-state index contributed by atoms with van der Waals surface area (Å²) in [6.07, 6.45) is 3.32. The molecule has 4 nitrogen and oxygen atoms in total. The summed E-state index contributed by atoms with van der Waals surface area (Å²) in [6.45, 7) is 5.40. The van der Waals surface area contributed by atoms with Crippen LogP contribution in [0.5, 0.6) is 0 Å². The highest BCUT2D eigenvalue weighted by Crippen LogP contribution is 2.29. The second-order valence-corrected chi connectivity index (χ2v) is 5.71. The van der Waals surface area contributed by atoms with Crippen LogP contribution in [0.25, 0.3) is 0 Å². The minimum atomic E-state index is -0.312. The number of hydrogen-bond acceptors (Lipinski definition) is 4. The van der Waals surface area contributed by atoms with Crippen LogP contribution in [0.3, 0.4) is 0 Å². The Morgan fingerprint density at radius 2 is 2.16 bits per heavy atom. The number of rotatable bonds is 9. The topological polar surface area (TPSA) is 55.2 Å². The van der Waals surface area contributed by atoms with Crippen molar-refractivity contribution in [3.05, 3.63) is 34.4 Å². The van der Waals surface area contributed by atoms with Crippen molar-refractivity contribution in [3.8, 4) is 0 Å². The predicted octanol–water partition coefficient (Wildman–Crippen LogP) is 3.86. The number of nitrogens with zero attached hydrogens (tertiary/aromatic N) is 1. The summed E-state index contributed by atoms with van der Waals surface area (Å²) in [4.78, 5) is 11.3. The Morgan fingerprint density at radius 1 is 1.42 bits per heavy atom. The van der Waals surface area contributed by atoms with Crippen molar-refractivity contribution in [1.29, 1.82) is 0 Å². The fraction of sp³-hybridized carbons (Fsp3) is 0.571. The Kier molecular flexibility index (Phi) is 7.52. The van der Waals surface area contributed by atoms with E-state index in [0.29, 0.717) is 6.04 Å². The van der Waals surface area contributed by atoms with Gasteiger partial charge in [0.25, 0.3) is 5.69 Å². The van der Waals surface area contributed by atoms with E-state index in [1.54, 1.807) is 23.9 Å². The third kappa shape index (κ3) is 6.07. The molecule has 0 heterocycles. The molecule has 0 amide bonds. The van der Waals surface area contributed by atoms with Crippen LogP contribution in [0.4, 0.5) is 5.69 Å². The first-order valence-electron chi connectivity index (χ1n) is 6.74. The van der Waals surface area contributed by atoms with Gasteiger partial charge in [-0.1, -0.05) is 19.1 Å². The van der Waals surface area contributed by atoms with Crippen LogP contribution in [0.15, 0.2) is 29.2 Å². The summed E-state index contributed by atoms with van der Waals surface area (Å²) in [5.41, 5.74) is 0.213. The molecular weight excluding hydrogens is 260 g/mol. The van der Waals surface area contributed by atoms with Gasteiger partial charge >= 0.3 is 0 Å². The van der Waals surface area contributed by atoms with E-state index in [0.717, 1.165) is 36.5 Å². The Labute approximate surface area is 119 Å². The number of nitro groups is 1. The Bertz CT molecular complexity index is 399. The average Bonchev–Trinajstić information content (AvgIpc) is 2.41. The summed E-state index contributed by atoms with van der Waals surface area (Å²) in [6, 6.07) is 7.46. The summed E-state index contributed by atoms with van der Waals surface area (Å²) in [5, 5.41) is 14.3. The van der Waals surface area contributed by atoms with Crippen molar-refractivity contribution in [2.45, 2.75) is 44.0 Å². The van der Waals surface area contributed by atoms with E-state index in [9.17, 15) is 10.1 Å². The molecule has 19 heavy (non-hydrogen) atoms. The first-order chi connectivity index (χ1) is 9.15. The van der Waals surface area contributed by atoms with Gasteiger partial charge in [0, 0.05) is 12.1 Å². The van der Waals surface area contributed by atoms with Crippen LogP contribution in [-0.4, -0.2) is 23.3 Å². The van der Waals surface area contributed by atoms with Gasteiger partial charge in [0.2, 0.25) is 0 Å². The molecule has 0 spiro atoms. The molecule has 5 heteroatoms. The van der Waals surface area contributed by atoms with Gasteiger partial charge in [0.15, 0.2) is 0 Å². The molecule has 106 valence electrons. The van der Waals surface area contributed by atoms with E-state index >= 15 is 0 Å². The third-order valence-electron chi connectivity index (χ3n) is 2.84. The molecule has 1 atom stereocenters. The maximum atomic E-state index is 10.9. The van der Waals surface area contributed by atoms with E-state index in [1.807, 2.05) is 12.1 Å². The van der Waals surface area contributed by atoms with E-state index in [2.05, 4.69) is 19.2 Å². The van der Waals surface area contributed by atoms with Crippen LogP contribution in [0.2, 0.25) is 0 Å². The fourth-order valence-corrected chi connectivity index (χ4v) is 2.79. The van der Waals surface area contributed by atoms with Crippen molar-refractivity contribution < 1.29 is 4.92 Å². The van der Waals surface area contributed by atoms with E-state index in [-0.39, 0.29) is 10.6 Å². The number of nitro benzene ring substituents is 1. The molecular formula is C14H22N2O2S. The summed E-state index contributed by atoms with van der Waals surface area (Å²) >= 11 is 1.57. The monoisotopic (exact) mass is 282 g/mol. The van der Waals surface area contributed by atoms with Crippen molar-refractivity contribution in [2.75, 3.05) is 12.3 Å². The summed E-state index contributed by atoms with van der Waals surface area (Å²) < 4.78 is 0. The molecule has 0 fully saturated rings. The predicted molar refractivity (Wildman–Crippen MR) is 80.8 cm³/mol. The highest BCUT2D eigenvalue weighted by atomic mass is 32.2. The van der Waals surface area contributed by atoms with Crippen LogP contribution < -0.4 is 5.32 Å². The average molecular weight is 282 g/mol. The van der Waals surface area contributed by atoms with Gasteiger partial charge in [-0.05, 0) is 44.6 Å². The fourth-order valence-electron chi connectivity index (χ4n) is 1.79. The number of thioether (sulfide) groups is 1. The molecule has 1 N–H and O–H groups in total. The van der Waals surface area contributed by atoms with Gasteiger partial charge in [0.1, 0.15) is 0 Å². The normalized spacial score (nSPS) is 12.3. The molecule has 0 bridgehead atoms. The lowest BCUT2D eigenvalue weighted by Crippen LogP contribution is -2.26. The molecule has 0 aliphatic carbocycles. The molecule has 0 aromatic heterocycles. The minimum Gasteiger partial charge on any atom is -0.314 e. The van der Waals surface area contributed by atoms with Gasteiger partial charge in [0.05, 0.1) is 9.82 Å². The zero-order chi connectivity index (χ0) is 14.1. The maximum Gasteiger partial charge on any atom is 0.282 e. The molecule has 1 rings (SSSR count). The van der Waals surface area contributed by atoms with Gasteiger partial charge in [-0.15, -0.1) is 11.8 Å². The van der Waals surface area contributed by atoms with Crippen LogP contribution >= 0.6 is 11.8 Å². The second kappa shape index (κ2) is 8.93. The zero-order valence-electron chi connectivity index (χ0n) is 11.6. The third-order valence-corrected chi connectivity index (χ3v) is 3.99. The summed E-state index contributed by atoms with van der Waals surface area (Å²) in [5.74, 6) is 0.920. The minimum absolute atomic E-state index is 0.213. The van der Waals surface area contributed by atoms with E-state index in [1.165, 1.54) is 0 Å². The Morgan fingerprint density at radius 3 is 2.84 bits per heavy atom. The maximum absolute atomic E-state index is 10.9. The molecule has 0 saturated carbocycles. The van der Waals surface area contributed by atoms with Crippen molar-refractivity contribution in [3.63, 3.8) is 0 Å². The highest BCUT2D eigenvalue weighted by molar-refractivity contribution is 7.99. The van der Waals surface area contributed by atoms with Crippen molar-refractivity contribution >= 4 is 17.4 Å². The molecule has 1 aromatic carbocycles. The first kappa shape index (κ1) is 16.0. The number of hydrogen-bond donors (Lipinski definition) is 1. The van der Waals surface area contributed by atoms with Crippen molar-refractivity contribution in [1.82, 2.24) is 5.32 Å². The van der Waals surface area contributed by atoms with E-state index in [4.69, 9.17) is 0 Å². The number of nitrogens with one attached hydrogen (secondary N) is 1. The van der Waals surface area contributed by atoms with Gasteiger partial charge < -0.3 is 5.32 Å². The summed E-state index contributed by atoms with van der Waals surface area (Å²) in [7, 11) is 0. The van der Waals surface area contributed by atoms with Gasteiger partial charge in [-0.3, -0.25) is 10.1 Å². The lowest BCUT2D eigenvalue weighted by molar-refractivity contribution is -0.387. The van der Waals surface area contributed by atoms with Crippen LogP contribution in [0.1, 0.15) is 33.1 Å². The first-order valence-corrected chi connectivity index (χ1v) is 7.73. The highest BCUT2D eigenvalue weighted by Gasteiger charge is 2.12. The Balaban J connectivity index is 2.31. The number of para-hydroxylation sites is 1. The van der Waals surface area contributed by atoms with Crippen LogP contribution in [0, 0.1) is 10.1 Å². The molecule has 0 saturated heterocycles. The molecule has 0 aliphatic heterocycles. The standard InChI is InChI=1S/C14H22N2O2S/c1-3-10-15-12(2)7-6-11-19-14-9-5-4-8-13(14)16(17)18/h4-5,8-9,12,15H,3,6-7,10-11H2,1-2H3. The molecule has 1 unspecified atom stereocenters. The largest absolute Gasteiger partial charge is 0.314 e. The number of benzene rings is 1. The smallest absolute Gasteiger partial charge is 0.282 e. The van der Waals surface area contributed by atoms with Gasteiger partial charge in [-0.25, -0.2) is 0 Å². The SMILES string of the molecule is CCCNC(C)CCCSc1ccccc1[N+](=O)[O-]. The molecule has 0 radical (unpaired) electrons. The lowest BCUT2D eigenvalue weighted by Gasteiger charge is -2.12. The quantitative estimate of drug-likeness (QED) is 0.323. The lowest BCUT2D eigenvalue weighted by atomic mass is 10.2. The Hall–Kier alpha value is -1.07. The van der Waals surface area contributed by atoms with E-state index < -0.39 is 0 Å². The van der Waals surface area contributed by atoms with Gasteiger partial charge in [-0.2, -0.15) is 0 Å². The molecule has 1 aromatic rings. The van der Waals surface area contributed by atoms with Crippen molar-refractivity contribution in [2.24, 2.45) is 0 Å². The zero-order valence-corrected chi connectivity index (χ0v) is 12.4.